The lowest BCUT2D eigenvalue weighted by Gasteiger charge is -2.04. The van der Waals surface area contributed by atoms with Gasteiger partial charge in [0.25, 0.3) is 5.91 Å². The number of benzene rings is 2. The van der Waals surface area contributed by atoms with E-state index in [2.05, 4.69) is 15.5 Å². The summed E-state index contributed by atoms with van der Waals surface area (Å²) in [5, 5.41) is 10.8. The molecule has 0 atom stereocenters. The number of amides is 1. The van der Waals surface area contributed by atoms with Crippen molar-refractivity contribution >= 4 is 45.7 Å². The summed E-state index contributed by atoms with van der Waals surface area (Å²) in [6.45, 7) is 0. The van der Waals surface area contributed by atoms with Crippen LogP contribution in [0.4, 0.5) is 9.52 Å². The molecule has 1 heterocycles. The molecule has 3 rings (SSSR count). The zero-order valence-electron chi connectivity index (χ0n) is 12.2. The van der Waals surface area contributed by atoms with Gasteiger partial charge in [0.05, 0.1) is 10.6 Å². The molecular weight excluding hydrogens is 369 g/mol. The molecular formula is C16H11ClFN3OS2. The maximum atomic E-state index is 13.7. The molecule has 0 fully saturated rings. The Balaban J connectivity index is 1.64. The third kappa shape index (κ3) is 4.11. The van der Waals surface area contributed by atoms with Crippen LogP contribution in [-0.4, -0.2) is 16.1 Å². The quantitative estimate of drug-likeness (QED) is 0.507. The normalized spacial score (nSPS) is 10.6. The molecule has 1 aromatic heterocycles. The highest BCUT2D eigenvalue weighted by molar-refractivity contribution is 8.00. The number of carbonyl (C=O) groups excluding carboxylic acids is 1. The maximum Gasteiger partial charge on any atom is 0.261 e. The minimum absolute atomic E-state index is 0.0516. The first-order valence-electron chi connectivity index (χ1n) is 6.89. The monoisotopic (exact) mass is 379 g/mol. The summed E-state index contributed by atoms with van der Waals surface area (Å²) >= 11 is 8.62. The van der Waals surface area contributed by atoms with Gasteiger partial charge in [-0.05, 0) is 17.7 Å². The lowest BCUT2D eigenvalue weighted by atomic mass is 10.2. The Morgan fingerprint density at radius 2 is 1.96 bits per heavy atom. The first kappa shape index (κ1) is 16.9. The molecule has 0 aliphatic heterocycles. The van der Waals surface area contributed by atoms with E-state index in [4.69, 9.17) is 11.6 Å². The zero-order valence-corrected chi connectivity index (χ0v) is 14.6. The van der Waals surface area contributed by atoms with Crippen molar-refractivity contribution in [3.8, 4) is 0 Å². The molecule has 0 saturated heterocycles. The average Bonchev–Trinajstić information content (AvgIpc) is 3.01. The van der Waals surface area contributed by atoms with E-state index in [-0.39, 0.29) is 10.6 Å². The van der Waals surface area contributed by atoms with Crippen molar-refractivity contribution in [1.29, 1.82) is 0 Å². The lowest BCUT2D eigenvalue weighted by molar-refractivity contribution is 0.102. The Morgan fingerprint density at radius 3 is 2.71 bits per heavy atom. The average molecular weight is 380 g/mol. The van der Waals surface area contributed by atoms with Crippen LogP contribution < -0.4 is 5.32 Å². The van der Waals surface area contributed by atoms with Gasteiger partial charge >= 0.3 is 0 Å². The molecule has 0 saturated carbocycles. The van der Waals surface area contributed by atoms with E-state index in [1.165, 1.54) is 46.9 Å². The fourth-order valence-electron chi connectivity index (χ4n) is 1.91. The number of halogens is 2. The second kappa shape index (κ2) is 7.74. The van der Waals surface area contributed by atoms with Crippen molar-refractivity contribution in [1.82, 2.24) is 10.2 Å². The Morgan fingerprint density at radius 1 is 1.17 bits per heavy atom. The summed E-state index contributed by atoms with van der Waals surface area (Å²) in [6.07, 6.45) is 0. The summed E-state index contributed by atoms with van der Waals surface area (Å²) < 4.78 is 14.5. The van der Waals surface area contributed by atoms with Crippen LogP contribution in [0.1, 0.15) is 15.9 Å². The van der Waals surface area contributed by atoms with Crippen molar-refractivity contribution in [3.63, 3.8) is 0 Å². The van der Waals surface area contributed by atoms with Crippen LogP contribution in [-0.2, 0) is 5.75 Å². The van der Waals surface area contributed by atoms with Crippen LogP contribution in [0.2, 0.25) is 5.02 Å². The predicted octanol–water partition coefficient (Wildman–Crippen LogP) is 4.88. The molecule has 2 aromatic carbocycles. The SMILES string of the molecule is O=C(Nc1nnc(SCc2ccccc2)s1)c1c(F)cccc1Cl. The summed E-state index contributed by atoms with van der Waals surface area (Å²) in [6, 6.07) is 14.0. The first-order valence-corrected chi connectivity index (χ1v) is 9.07. The number of anilines is 1. The Bertz CT molecular complexity index is 837. The molecule has 3 aromatic rings. The second-order valence-corrected chi connectivity index (χ2v) is 7.31. The van der Waals surface area contributed by atoms with Gasteiger partial charge in [0.2, 0.25) is 5.13 Å². The van der Waals surface area contributed by atoms with Crippen molar-refractivity contribution < 1.29 is 9.18 Å². The van der Waals surface area contributed by atoms with E-state index in [1.54, 1.807) is 0 Å². The van der Waals surface area contributed by atoms with Crippen LogP contribution in [0.3, 0.4) is 0 Å². The number of hydrogen-bond acceptors (Lipinski definition) is 5. The van der Waals surface area contributed by atoms with Crippen molar-refractivity contribution in [3.05, 3.63) is 70.5 Å². The molecule has 0 spiro atoms. The topological polar surface area (TPSA) is 54.9 Å². The van der Waals surface area contributed by atoms with Gasteiger partial charge in [-0.25, -0.2) is 4.39 Å². The van der Waals surface area contributed by atoms with E-state index in [0.29, 0.717) is 9.47 Å². The smallest absolute Gasteiger partial charge is 0.261 e. The predicted molar refractivity (Wildman–Crippen MR) is 95.3 cm³/mol. The number of carbonyl (C=O) groups is 1. The van der Waals surface area contributed by atoms with Gasteiger partial charge in [-0.1, -0.05) is 71.1 Å². The summed E-state index contributed by atoms with van der Waals surface area (Å²) in [5.41, 5.74) is 0.967. The Labute approximate surface area is 151 Å². The van der Waals surface area contributed by atoms with E-state index >= 15 is 0 Å². The van der Waals surface area contributed by atoms with Crippen LogP contribution in [0, 0.1) is 5.82 Å². The third-order valence-electron chi connectivity index (χ3n) is 3.02. The number of hydrogen-bond donors (Lipinski definition) is 1. The molecule has 0 aliphatic carbocycles. The van der Waals surface area contributed by atoms with Crippen LogP contribution in [0.15, 0.2) is 52.9 Å². The van der Waals surface area contributed by atoms with Crippen LogP contribution in [0.25, 0.3) is 0 Å². The number of aromatic nitrogens is 2. The maximum absolute atomic E-state index is 13.7. The minimum Gasteiger partial charge on any atom is -0.296 e. The summed E-state index contributed by atoms with van der Waals surface area (Å²) in [4.78, 5) is 12.1. The zero-order chi connectivity index (χ0) is 16.9. The standard InChI is InChI=1S/C16H11ClFN3OS2/c17-11-7-4-8-12(18)13(11)14(22)19-15-20-21-16(24-15)23-9-10-5-2-1-3-6-10/h1-8H,9H2,(H,19,20,22). The molecule has 24 heavy (non-hydrogen) atoms. The molecule has 0 bridgehead atoms. The van der Waals surface area contributed by atoms with Crippen LogP contribution in [0.5, 0.6) is 0 Å². The molecule has 1 amide bonds. The molecule has 4 nitrogen and oxygen atoms in total. The highest BCUT2D eigenvalue weighted by Crippen LogP contribution is 2.29. The second-order valence-electron chi connectivity index (χ2n) is 4.70. The van der Waals surface area contributed by atoms with E-state index < -0.39 is 11.7 Å². The van der Waals surface area contributed by atoms with Gasteiger partial charge in [0.15, 0.2) is 4.34 Å². The lowest BCUT2D eigenvalue weighted by Crippen LogP contribution is -2.14. The molecule has 8 heteroatoms. The van der Waals surface area contributed by atoms with Crippen molar-refractivity contribution in [2.45, 2.75) is 10.1 Å². The number of nitrogens with zero attached hydrogens (tertiary/aromatic N) is 2. The highest BCUT2D eigenvalue weighted by atomic mass is 35.5. The van der Waals surface area contributed by atoms with Gasteiger partial charge in [0, 0.05) is 5.75 Å². The summed E-state index contributed by atoms with van der Waals surface area (Å²) in [5.74, 6) is -0.570. The molecule has 0 radical (unpaired) electrons. The van der Waals surface area contributed by atoms with Gasteiger partial charge in [-0.3, -0.25) is 10.1 Å². The molecule has 0 unspecified atom stereocenters. The van der Waals surface area contributed by atoms with Gasteiger partial charge < -0.3 is 0 Å². The minimum atomic E-state index is -0.678. The molecule has 1 N–H and O–H groups in total. The van der Waals surface area contributed by atoms with E-state index in [0.717, 1.165) is 5.75 Å². The van der Waals surface area contributed by atoms with Gasteiger partial charge in [0.1, 0.15) is 5.82 Å². The number of rotatable bonds is 5. The largest absolute Gasteiger partial charge is 0.296 e. The number of nitrogens with one attached hydrogen (secondary N) is 1. The van der Waals surface area contributed by atoms with E-state index in [9.17, 15) is 9.18 Å². The third-order valence-corrected chi connectivity index (χ3v) is 5.38. The molecule has 122 valence electrons. The van der Waals surface area contributed by atoms with Gasteiger partial charge in [-0.15, -0.1) is 10.2 Å². The van der Waals surface area contributed by atoms with Crippen molar-refractivity contribution in [2.24, 2.45) is 0 Å². The van der Waals surface area contributed by atoms with Crippen LogP contribution >= 0.6 is 34.7 Å². The van der Waals surface area contributed by atoms with E-state index in [1.807, 2.05) is 30.3 Å². The fourth-order valence-corrected chi connectivity index (χ4v) is 3.86. The Hall–Kier alpha value is -1.96. The molecule has 0 aliphatic rings. The highest BCUT2D eigenvalue weighted by Gasteiger charge is 2.17. The number of thioether (sulfide) groups is 1. The first-order chi connectivity index (χ1) is 11.6. The Kier molecular flexibility index (Phi) is 5.44. The summed E-state index contributed by atoms with van der Waals surface area (Å²) in [7, 11) is 0. The van der Waals surface area contributed by atoms with Crippen molar-refractivity contribution in [2.75, 3.05) is 5.32 Å². The fraction of sp³-hybridized carbons (Fsp3) is 0.0625. The van der Waals surface area contributed by atoms with Gasteiger partial charge in [-0.2, -0.15) is 0 Å².